The van der Waals surface area contributed by atoms with Crippen molar-refractivity contribution in [2.45, 2.75) is 87.3 Å². The summed E-state index contributed by atoms with van der Waals surface area (Å²) in [5.41, 5.74) is 2.46. The van der Waals surface area contributed by atoms with Crippen LogP contribution in [-0.2, 0) is 27.5 Å². The lowest BCUT2D eigenvalue weighted by molar-refractivity contribution is 0.126. The fourth-order valence-electron chi connectivity index (χ4n) is 4.54. The summed E-state index contributed by atoms with van der Waals surface area (Å²) in [4.78, 5) is 0.512. The van der Waals surface area contributed by atoms with Crippen LogP contribution in [0.2, 0.25) is 0 Å². The van der Waals surface area contributed by atoms with E-state index in [1.807, 2.05) is 18.2 Å². The highest BCUT2D eigenvalue weighted by Gasteiger charge is 2.30. The van der Waals surface area contributed by atoms with Crippen LogP contribution in [0.4, 0.5) is 0 Å². The largest absolute Gasteiger partial charge is 0.381 e. The molecular formula is C28H41NO3S. The van der Waals surface area contributed by atoms with Gasteiger partial charge in [0.2, 0.25) is 0 Å². The van der Waals surface area contributed by atoms with E-state index in [1.165, 1.54) is 24.8 Å². The second-order valence-electron chi connectivity index (χ2n) is 9.24. The van der Waals surface area contributed by atoms with Crippen molar-refractivity contribution in [2.24, 2.45) is 0 Å². The molecule has 1 aliphatic rings. The topological polar surface area (TPSA) is 55.4 Å². The number of benzene rings is 2. The van der Waals surface area contributed by atoms with Gasteiger partial charge in [0.1, 0.15) is 0 Å². The maximum absolute atomic E-state index is 12.8. The summed E-state index contributed by atoms with van der Waals surface area (Å²) in [5.74, 6) is 0. The predicted octanol–water partition coefficient (Wildman–Crippen LogP) is 6.09. The standard InChI is InChI=1S/C28H41NO3S/c30-33(31,27-17-6-7-18-27)28-19-12-16-25(23-28)13-8-11-22-32-21-10-2-1-9-20-29-24-26-14-4-3-5-15-26/h3-5,12,14-16,19,23,27,29H,1-2,6-11,13,17-18,20-22,24H2. The zero-order chi connectivity index (χ0) is 23.2. The molecule has 0 heterocycles. The molecule has 1 saturated carbocycles. The highest BCUT2D eigenvalue weighted by Crippen LogP contribution is 2.30. The zero-order valence-electron chi connectivity index (χ0n) is 20.0. The molecule has 0 bridgehead atoms. The third-order valence-corrected chi connectivity index (χ3v) is 8.80. The molecule has 0 atom stereocenters. The van der Waals surface area contributed by atoms with Crippen LogP contribution in [0, 0.1) is 0 Å². The summed E-state index contributed by atoms with van der Waals surface area (Å²) in [6.07, 6.45) is 11.5. The summed E-state index contributed by atoms with van der Waals surface area (Å²) >= 11 is 0. The van der Waals surface area contributed by atoms with Gasteiger partial charge in [0.05, 0.1) is 10.1 Å². The van der Waals surface area contributed by atoms with Gasteiger partial charge in [-0.1, -0.05) is 68.1 Å². The van der Waals surface area contributed by atoms with Gasteiger partial charge >= 0.3 is 0 Å². The Morgan fingerprint density at radius 1 is 0.788 bits per heavy atom. The molecule has 3 rings (SSSR count). The monoisotopic (exact) mass is 471 g/mol. The average molecular weight is 472 g/mol. The van der Waals surface area contributed by atoms with Crippen molar-refractivity contribution in [3.8, 4) is 0 Å². The molecular weight excluding hydrogens is 430 g/mol. The van der Waals surface area contributed by atoms with Crippen molar-refractivity contribution in [3.05, 3.63) is 65.7 Å². The first kappa shape index (κ1) is 25.9. The SMILES string of the molecule is O=S(=O)(c1cccc(CCCCOCCCCCCNCc2ccccc2)c1)C1CCCC1. The van der Waals surface area contributed by atoms with Crippen LogP contribution in [-0.4, -0.2) is 33.4 Å². The lowest BCUT2D eigenvalue weighted by Crippen LogP contribution is -2.17. The lowest BCUT2D eigenvalue weighted by atomic mass is 10.1. The van der Waals surface area contributed by atoms with Crippen molar-refractivity contribution in [2.75, 3.05) is 19.8 Å². The van der Waals surface area contributed by atoms with Crippen LogP contribution in [0.15, 0.2) is 59.5 Å². The van der Waals surface area contributed by atoms with Gasteiger partial charge in [-0.3, -0.25) is 0 Å². The molecule has 0 radical (unpaired) electrons. The maximum Gasteiger partial charge on any atom is 0.181 e. The van der Waals surface area contributed by atoms with Gasteiger partial charge in [-0.25, -0.2) is 8.42 Å². The minimum absolute atomic E-state index is 0.174. The van der Waals surface area contributed by atoms with Crippen molar-refractivity contribution in [1.82, 2.24) is 5.32 Å². The zero-order valence-corrected chi connectivity index (χ0v) is 20.8. The molecule has 0 aliphatic heterocycles. The highest BCUT2D eigenvalue weighted by atomic mass is 32.2. The molecule has 0 amide bonds. The number of sulfone groups is 1. The van der Waals surface area contributed by atoms with E-state index in [1.54, 1.807) is 6.07 Å². The van der Waals surface area contributed by atoms with E-state index in [4.69, 9.17) is 4.74 Å². The number of hydrogen-bond acceptors (Lipinski definition) is 4. The van der Waals surface area contributed by atoms with E-state index < -0.39 is 9.84 Å². The molecule has 5 heteroatoms. The molecule has 2 aromatic rings. The van der Waals surface area contributed by atoms with Crippen LogP contribution in [0.1, 0.15) is 75.3 Å². The second-order valence-corrected chi connectivity index (χ2v) is 11.5. The predicted molar refractivity (Wildman–Crippen MR) is 136 cm³/mol. The fraction of sp³-hybridized carbons (Fsp3) is 0.571. The van der Waals surface area contributed by atoms with E-state index in [0.29, 0.717) is 4.90 Å². The van der Waals surface area contributed by atoms with Crippen molar-refractivity contribution >= 4 is 9.84 Å². The lowest BCUT2D eigenvalue weighted by Gasteiger charge is -2.12. The van der Waals surface area contributed by atoms with E-state index >= 15 is 0 Å². The Labute approximate surface area is 201 Å². The van der Waals surface area contributed by atoms with E-state index in [9.17, 15) is 8.42 Å². The number of unbranched alkanes of at least 4 members (excludes halogenated alkanes) is 4. The maximum atomic E-state index is 12.8. The van der Waals surface area contributed by atoms with Gasteiger partial charge in [0.25, 0.3) is 0 Å². The number of aryl methyl sites for hydroxylation is 1. The average Bonchev–Trinajstić information content (AvgIpc) is 3.39. The number of nitrogens with one attached hydrogen (secondary N) is 1. The van der Waals surface area contributed by atoms with Crippen LogP contribution in [0.3, 0.4) is 0 Å². The number of ether oxygens (including phenoxy) is 1. The Kier molecular flexibility index (Phi) is 11.4. The van der Waals surface area contributed by atoms with Crippen molar-refractivity contribution < 1.29 is 13.2 Å². The molecule has 33 heavy (non-hydrogen) atoms. The van der Waals surface area contributed by atoms with Gasteiger partial charge < -0.3 is 10.1 Å². The Morgan fingerprint density at radius 2 is 1.48 bits per heavy atom. The van der Waals surface area contributed by atoms with Crippen molar-refractivity contribution in [3.63, 3.8) is 0 Å². The van der Waals surface area contributed by atoms with E-state index in [2.05, 4.69) is 35.6 Å². The van der Waals surface area contributed by atoms with Gasteiger partial charge in [-0.2, -0.15) is 0 Å². The van der Waals surface area contributed by atoms with Crippen LogP contribution >= 0.6 is 0 Å². The van der Waals surface area contributed by atoms with E-state index in [0.717, 1.165) is 83.2 Å². The third kappa shape index (κ3) is 9.23. The molecule has 1 aliphatic carbocycles. The third-order valence-electron chi connectivity index (χ3n) is 6.54. The summed E-state index contributed by atoms with van der Waals surface area (Å²) in [6.45, 7) is 3.65. The van der Waals surface area contributed by atoms with Gasteiger partial charge in [-0.15, -0.1) is 0 Å². The smallest absolute Gasteiger partial charge is 0.181 e. The summed E-state index contributed by atoms with van der Waals surface area (Å²) < 4.78 is 31.4. The Bertz CT molecular complexity index is 892. The normalized spacial score (nSPS) is 14.7. The van der Waals surface area contributed by atoms with Crippen LogP contribution in [0.25, 0.3) is 0 Å². The first-order valence-electron chi connectivity index (χ1n) is 12.8. The summed E-state index contributed by atoms with van der Waals surface area (Å²) in [7, 11) is -3.16. The summed E-state index contributed by atoms with van der Waals surface area (Å²) in [5, 5.41) is 3.33. The molecule has 4 nitrogen and oxygen atoms in total. The van der Waals surface area contributed by atoms with Gasteiger partial charge in [0.15, 0.2) is 9.84 Å². The fourth-order valence-corrected chi connectivity index (χ4v) is 6.46. The molecule has 2 aromatic carbocycles. The quantitative estimate of drug-likeness (QED) is 0.301. The van der Waals surface area contributed by atoms with Gasteiger partial charge in [0, 0.05) is 19.8 Å². The minimum atomic E-state index is -3.16. The molecule has 0 aromatic heterocycles. The molecule has 1 fully saturated rings. The van der Waals surface area contributed by atoms with Crippen molar-refractivity contribution in [1.29, 1.82) is 0 Å². The van der Waals surface area contributed by atoms with Crippen LogP contribution in [0.5, 0.6) is 0 Å². The molecule has 0 unspecified atom stereocenters. The summed E-state index contributed by atoms with van der Waals surface area (Å²) in [6, 6.07) is 18.1. The first-order chi connectivity index (χ1) is 16.2. The number of hydrogen-bond donors (Lipinski definition) is 1. The first-order valence-corrected chi connectivity index (χ1v) is 14.4. The van der Waals surface area contributed by atoms with Gasteiger partial charge in [-0.05, 0) is 74.8 Å². The van der Waals surface area contributed by atoms with Crippen LogP contribution < -0.4 is 5.32 Å². The minimum Gasteiger partial charge on any atom is -0.381 e. The van der Waals surface area contributed by atoms with E-state index in [-0.39, 0.29) is 5.25 Å². The highest BCUT2D eigenvalue weighted by molar-refractivity contribution is 7.92. The molecule has 1 N–H and O–H groups in total. The second kappa shape index (κ2) is 14.5. The number of rotatable bonds is 16. The Hall–Kier alpha value is -1.69. The molecule has 0 saturated heterocycles. The molecule has 182 valence electrons. The molecule has 0 spiro atoms. The Balaban J connectivity index is 1.17. The Morgan fingerprint density at radius 3 is 2.27 bits per heavy atom.